The number of hydrogen-bond donors (Lipinski definition) is 0. The Morgan fingerprint density at radius 2 is 2.21 bits per heavy atom. The molecule has 4 heteroatoms. The van der Waals surface area contributed by atoms with Gasteiger partial charge in [0.05, 0.1) is 12.5 Å². The molecule has 2 aromatic rings. The van der Waals surface area contributed by atoms with E-state index in [4.69, 9.17) is 4.74 Å². The highest BCUT2D eigenvalue weighted by Gasteiger charge is 2.11. The fourth-order valence-corrected chi connectivity index (χ4v) is 1.83. The molecule has 0 atom stereocenters. The van der Waals surface area contributed by atoms with Gasteiger partial charge >= 0.3 is 0 Å². The molecule has 19 heavy (non-hydrogen) atoms. The lowest BCUT2D eigenvalue weighted by atomic mass is 10.1. The number of hydrogen-bond acceptors (Lipinski definition) is 3. The number of imidazole rings is 1. The Morgan fingerprint density at radius 1 is 1.42 bits per heavy atom. The second-order valence-electron chi connectivity index (χ2n) is 4.75. The summed E-state index contributed by atoms with van der Waals surface area (Å²) in [6.07, 6.45) is 3.93. The van der Waals surface area contributed by atoms with Crippen LogP contribution in [-0.4, -0.2) is 21.4 Å². The van der Waals surface area contributed by atoms with Crippen LogP contribution in [0.3, 0.4) is 0 Å². The smallest absolute Gasteiger partial charge is 0.170 e. The number of rotatable bonds is 5. The molecule has 0 aliphatic rings. The Hall–Kier alpha value is -2.10. The summed E-state index contributed by atoms with van der Waals surface area (Å²) in [6.45, 7) is 3.92. The maximum absolute atomic E-state index is 12.2. The first-order valence-electron chi connectivity index (χ1n) is 6.32. The summed E-state index contributed by atoms with van der Waals surface area (Å²) in [4.78, 5) is 16.4. The first-order valence-corrected chi connectivity index (χ1v) is 6.32. The minimum absolute atomic E-state index is 0.0449. The van der Waals surface area contributed by atoms with Crippen molar-refractivity contribution in [2.45, 2.75) is 26.4 Å². The molecule has 100 valence electrons. The largest absolute Gasteiger partial charge is 0.491 e. The fourth-order valence-electron chi connectivity index (χ4n) is 1.83. The highest BCUT2D eigenvalue weighted by Crippen LogP contribution is 2.16. The van der Waals surface area contributed by atoms with E-state index in [1.165, 1.54) is 0 Å². The molecular formula is C15H18N2O2. The first kappa shape index (κ1) is 13.3. The Bertz CT molecular complexity index is 573. The van der Waals surface area contributed by atoms with E-state index in [0.717, 1.165) is 11.6 Å². The highest BCUT2D eigenvalue weighted by molar-refractivity contribution is 5.97. The summed E-state index contributed by atoms with van der Waals surface area (Å²) in [5.41, 5.74) is 0.654. The van der Waals surface area contributed by atoms with Gasteiger partial charge in [0.15, 0.2) is 5.78 Å². The van der Waals surface area contributed by atoms with Gasteiger partial charge in [0.2, 0.25) is 0 Å². The van der Waals surface area contributed by atoms with E-state index in [1.54, 1.807) is 18.3 Å². The zero-order valence-electron chi connectivity index (χ0n) is 11.5. The highest BCUT2D eigenvalue weighted by atomic mass is 16.5. The van der Waals surface area contributed by atoms with Crippen LogP contribution in [0.25, 0.3) is 0 Å². The second-order valence-corrected chi connectivity index (χ2v) is 4.75. The normalized spacial score (nSPS) is 10.7. The monoisotopic (exact) mass is 258 g/mol. The number of ether oxygens (including phenoxy) is 1. The van der Waals surface area contributed by atoms with Crippen LogP contribution in [0.15, 0.2) is 36.7 Å². The first-order chi connectivity index (χ1) is 9.06. The summed E-state index contributed by atoms with van der Waals surface area (Å²) in [5.74, 6) is 1.53. The van der Waals surface area contributed by atoms with Crippen molar-refractivity contribution >= 4 is 5.78 Å². The lowest BCUT2D eigenvalue weighted by Crippen LogP contribution is -2.09. The van der Waals surface area contributed by atoms with Gasteiger partial charge in [-0.05, 0) is 26.0 Å². The van der Waals surface area contributed by atoms with Gasteiger partial charge in [-0.2, -0.15) is 0 Å². The molecule has 1 aromatic carbocycles. The summed E-state index contributed by atoms with van der Waals surface area (Å²) in [5, 5.41) is 0. The Kier molecular flexibility index (Phi) is 4.00. The zero-order chi connectivity index (χ0) is 13.8. The predicted molar refractivity (Wildman–Crippen MR) is 73.4 cm³/mol. The van der Waals surface area contributed by atoms with Crippen molar-refractivity contribution in [2.24, 2.45) is 7.05 Å². The Balaban J connectivity index is 2.13. The standard InChI is InChI=1S/C15H18N2O2/c1-11(2)19-13-6-4-5-12(9-13)14(18)10-15-16-7-8-17(15)3/h4-9,11H,10H2,1-3H3. The van der Waals surface area contributed by atoms with Crippen LogP contribution in [-0.2, 0) is 13.5 Å². The van der Waals surface area contributed by atoms with Gasteiger partial charge in [0.1, 0.15) is 11.6 Å². The Morgan fingerprint density at radius 3 is 2.84 bits per heavy atom. The predicted octanol–water partition coefficient (Wildman–Crippen LogP) is 2.63. The number of carbonyl (C=O) groups excluding carboxylic acids is 1. The van der Waals surface area contributed by atoms with Crippen LogP contribution in [0.2, 0.25) is 0 Å². The third-order valence-electron chi connectivity index (χ3n) is 2.77. The number of aryl methyl sites for hydroxylation is 1. The fraction of sp³-hybridized carbons (Fsp3) is 0.333. The summed E-state index contributed by atoms with van der Waals surface area (Å²) in [7, 11) is 1.88. The number of benzene rings is 1. The molecule has 4 nitrogen and oxygen atoms in total. The molecule has 0 aliphatic heterocycles. The van der Waals surface area contributed by atoms with Crippen LogP contribution in [0, 0.1) is 0 Å². The number of carbonyl (C=O) groups is 1. The van der Waals surface area contributed by atoms with Gasteiger partial charge in [-0.1, -0.05) is 12.1 Å². The molecule has 1 aromatic heterocycles. The number of nitrogens with zero attached hydrogens (tertiary/aromatic N) is 2. The van der Waals surface area contributed by atoms with E-state index in [0.29, 0.717) is 12.0 Å². The molecule has 1 heterocycles. The molecule has 2 rings (SSSR count). The van der Waals surface area contributed by atoms with Gasteiger partial charge in [-0.3, -0.25) is 4.79 Å². The van der Waals surface area contributed by atoms with E-state index in [9.17, 15) is 4.79 Å². The lowest BCUT2D eigenvalue weighted by molar-refractivity contribution is 0.0989. The molecule has 0 unspecified atom stereocenters. The molecule has 0 bridgehead atoms. The summed E-state index contributed by atoms with van der Waals surface area (Å²) in [6, 6.07) is 7.28. The number of Topliss-reactive ketones (excluding diaryl/α,β-unsaturated/α-hetero) is 1. The van der Waals surface area contributed by atoms with Crippen LogP contribution >= 0.6 is 0 Å². The molecule has 0 saturated carbocycles. The van der Waals surface area contributed by atoms with E-state index < -0.39 is 0 Å². The zero-order valence-corrected chi connectivity index (χ0v) is 11.5. The topological polar surface area (TPSA) is 44.1 Å². The van der Waals surface area contributed by atoms with Crippen LogP contribution in [0.1, 0.15) is 30.0 Å². The molecule has 0 radical (unpaired) electrons. The molecular weight excluding hydrogens is 240 g/mol. The van der Waals surface area contributed by atoms with E-state index >= 15 is 0 Å². The van der Waals surface area contributed by atoms with Crippen molar-refractivity contribution in [1.82, 2.24) is 9.55 Å². The maximum Gasteiger partial charge on any atom is 0.170 e. The molecule has 0 N–H and O–H groups in total. The van der Waals surface area contributed by atoms with Crippen molar-refractivity contribution < 1.29 is 9.53 Å². The van der Waals surface area contributed by atoms with Gasteiger partial charge < -0.3 is 9.30 Å². The van der Waals surface area contributed by atoms with E-state index in [-0.39, 0.29) is 11.9 Å². The van der Waals surface area contributed by atoms with Crippen molar-refractivity contribution in [2.75, 3.05) is 0 Å². The van der Waals surface area contributed by atoms with Gasteiger partial charge in [-0.25, -0.2) is 4.98 Å². The van der Waals surface area contributed by atoms with Crippen molar-refractivity contribution in [3.05, 3.63) is 48.0 Å². The minimum atomic E-state index is 0.0449. The SMILES string of the molecule is CC(C)Oc1cccc(C(=O)Cc2nccn2C)c1. The van der Waals surface area contributed by atoms with Gasteiger partial charge in [0.25, 0.3) is 0 Å². The quantitative estimate of drug-likeness (QED) is 0.774. The molecule has 0 fully saturated rings. The third-order valence-corrected chi connectivity index (χ3v) is 2.77. The van der Waals surface area contributed by atoms with Crippen molar-refractivity contribution in [3.8, 4) is 5.75 Å². The van der Waals surface area contributed by atoms with E-state index in [2.05, 4.69) is 4.98 Å². The van der Waals surface area contributed by atoms with Gasteiger partial charge in [-0.15, -0.1) is 0 Å². The number of aromatic nitrogens is 2. The average Bonchev–Trinajstić information content (AvgIpc) is 2.74. The molecule has 0 spiro atoms. The second kappa shape index (κ2) is 5.69. The van der Waals surface area contributed by atoms with Crippen LogP contribution < -0.4 is 4.74 Å². The minimum Gasteiger partial charge on any atom is -0.491 e. The van der Waals surface area contributed by atoms with Crippen LogP contribution in [0.4, 0.5) is 0 Å². The summed E-state index contributed by atoms with van der Waals surface area (Å²) >= 11 is 0. The number of ketones is 1. The molecule has 0 saturated heterocycles. The van der Waals surface area contributed by atoms with Crippen molar-refractivity contribution in [1.29, 1.82) is 0 Å². The van der Waals surface area contributed by atoms with Crippen molar-refractivity contribution in [3.63, 3.8) is 0 Å². The molecule has 0 aliphatic carbocycles. The summed E-state index contributed by atoms with van der Waals surface area (Å²) < 4.78 is 7.44. The van der Waals surface area contributed by atoms with Gasteiger partial charge in [0, 0.05) is 25.0 Å². The maximum atomic E-state index is 12.2. The molecule has 0 amide bonds. The Labute approximate surface area is 113 Å². The van der Waals surface area contributed by atoms with Crippen LogP contribution in [0.5, 0.6) is 5.75 Å². The average molecular weight is 258 g/mol. The van der Waals surface area contributed by atoms with E-state index in [1.807, 2.05) is 43.8 Å². The lowest BCUT2D eigenvalue weighted by Gasteiger charge is -2.10. The third kappa shape index (κ3) is 3.44.